The molecule has 1 aliphatic heterocycles. The van der Waals surface area contributed by atoms with Crippen molar-refractivity contribution in [3.63, 3.8) is 0 Å². The van der Waals surface area contributed by atoms with Crippen molar-refractivity contribution in [1.82, 2.24) is 19.7 Å². The number of benzene rings is 2. The van der Waals surface area contributed by atoms with E-state index in [1.54, 1.807) is 20.2 Å². The van der Waals surface area contributed by atoms with E-state index in [0.29, 0.717) is 42.0 Å². The molecule has 7 nitrogen and oxygen atoms in total. The summed E-state index contributed by atoms with van der Waals surface area (Å²) in [4.78, 5) is 4.17. The first-order valence-electron chi connectivity index (χ1n) is 11.5. The summed E-state index contributed by atoms with van der Waals surface area (Å²) >= 11 is 0. The quantitative estimate of drug-likeness (QED) is 0.341. The van der Waals surface area contributed by atoms with Gasteiger partial charge in [-0.25, -0.2) is 13.8 Å². The van der Waals surface area contributed by atoms with Crippen LogP contribution in [0, 0.1) is 24.5 Å². The number of halogens is 2. The average Bonchev–Trinajstić information content (AvgIpc) is 3.45. The summed E-state index contributed by atoms with van der Waals surface area (Å²) in [6.45, 7) is 6.50. The van der Waals surface area contributed by atoms with Crippen LogP contribution in [0.5, 0.6) is 11.5 Å². The highest BCUT2D eigenvalue weighted by Crippen LogP contribution is 2.43. The van der Waals surface area contributed by atoms with E-state index in [2.05, 4.69) is 15.2 Å². The van der Waals surface area contributed by atoms with Crippen LogP contribution in [0.25, 0.3) is 22.7 Å². The van der Waals surface area contributed by atoms with Crippen LogP contribution in [0.3, 0.4) is 0 Å². The fourth-order valence-electron chi connectivity index (χ4n) is 4.73. The molecule has 4 aromatic rings. The summed E-state index contributed by atoms with van der Waals surface area (Å²) in [5.74, 6) is 1.82. The molecule has 0 fully saturated rings. The van der Waals surface area contributed by atoms with Crippen LogP contribution in [-0.2, 0) is 12.1 Å². The highest BCUT2D eigenvalue weighted by atomic mass is 19.1. The van der Waals surface area contributed by atoms with Gasteiger partial charge < -0.3 is 18.5 Å². The smallest absolute Gasteiger partial charge is 0.191 e. The van der Waals surface area contributed by atoms with Gasteiger partial charge >= 0.3 is 0 Å². The Morgan fingerprint density at radius 2 is 1.86 bits per heavy atom. The number of aryl methyl sites for hydroxylation is 1. The molecule has 1 atom stereocenters. The van der Waals surface area contributed by atoms with Crippen molar-refractivity contribution in [3.8, 4) is 34.2 Å². The summed E-state index contributed by atoms with van der Waals surface area (Å²) in [5.41, 5.74) is 0.714. The molecule has 0 saturated carbocycles. The fraction of sp³-hybridized carbons (Fsp3) is 0.346. The standard InChI is InChI=1S/C26H26F2N4O3/c1-15(2)26(35-20-12-18(27)11-19(28)13-20)8-5-9-32-24(30-31-25(26)32)17-6-7-21(22(10-17)33-4)23-14-29-16(3)34-23/h6-7,10-15H,5,8-9H2,1-4H3. The number of rotatable bonds is 6. The lowest BCUT2D eigenvalue weighted by molar-refractivity contribution is -0.0164. The molecule has 2 aromatic heterocycles. The van der Waals surface area contributed by atoms with Crippen molar-refractivity contribution in [3.05, 3.63) is 65.9 Å². The second-order valence-electron chi connectivity index (χ2n) is 9.01. The first kappa shape index (κ1) is 23.0. The highest BCUT2D eigenvalue weighted by molar-refractivity contribution is 5.71. The molecule has 0 radical (unpaired) electrons. The van der Waals surface area contributed by atoms with Crippen molar-refractivity contribution in [1.29, 1.82) is 0 Å². The number of ether oxygens (including phenoxy) is 2. The Hall–Kier alpha value is -3.75. The predicted octanol–water partition coefficient (Wildman–Crippen LogP) is 5.92. The molecule has 35 heavy (non-hydrogen) atoms. The zero-order chi connectivity index (χ0) is 24.7. The van der Waals surface area contributed by atoms with Crippen molar-refractivity contribution in [2.75, 3.05) is 7.11 Å². The van der Waals surface area contributed by atoms with Crippen molar-refractivity contribution >= 4 is 0 Å². The Balaban J connectivity index is 1.57. The molecule has 0 spiro atoms. The Bertz CT molecular complexity index is 1360. The molecule has 0 amide bonds. The Morgan fingerprint density at radius 3 is 2.51 bits per heavy atom. The lowest BCUT2D eigenvalue weighted by Crippen LogP contribution is -2.44. The monoisotopic (exact) mass is 480 g/mol. The molecule has 0 aliphatic carbocycles. The van der Waals surface area contributed by atoms with Gasteiger partial charge in [-0.15, -0.1) is 10.2 Å². The Labute approximate surface area is 201 Å². The molecule has 2 aromatic carbocycles. The van der Waals surface area contributed by atoms with Gasteiger partial charge in [-0.3, -0.25) is 0 Å². The topological polar surface area (TPSA) is 75.2 Å². The minimum absolute atomic E-state index is 0.0310. The summed E-state index contributed by atoms with van der Waals surface area (Å²) < 4.78 is 47.4. The molecule has 1 aliphatic rings. The number of nitrogens with zero attached hydrogens (tertiary/aromatic N) is 4. The van der Waals surface area contributed by atoms with Gasteiger partial charge in [0, 0.05) is 43.1 Å². The third-order valence-electron chi connectivity index (χ3n) is 6.47. The molecular formula is C26H26F2N4O3. The lowest BCUT2D eigenvalue weighted by atomic mass is 9.82. The maximum absolute atomic E-state index is 13.9. The summed E-state index contributed by atoms with van der Waals surface area (Å²) in [6, 6.07) is 8.94. The lowest BCUT2D eigenvalue weighted by Gasteiger charge is -2.40. The van der Waals surface area contributed by atoms with E-state index in [0.717, 1.165) is 23.6 Å². The molecule has 0 saturated heterocycles. The van der Waals surface area contributed by atoms with E-state index in [1.165, 1.54) is 12.1 Å². The Morgan fingerprint density at radius 1 is 1.09 bits per heavy atom. The molecule has 0 bridgehead atoms. The highest BCUT2D eigenvalue weighted by Gasteiger charge is 2.45. The van der Waals surface area contributed by atoms with E-state index >= 15 is 0 Å². The van der Waals surface area contributed by atoms with E-state index in [1.807, 2.05) is 36.6 Å². The average molecular weight is 481 g/mol. The van der Waals surface area contributed by atoms with Crippen LogP contribution >= 0.6 is 0 Å². The van der Waals surface area contributed by atoms with Crippen LogP contribution in [0.15, 0.2) is 47.0 Å². The van der Waals surface area contributed by atoms with Gasteiger partial charge in [-0.2, -0.15) is 0 Å². The second-order valence-corrected chi connectivity index (χ2v) is 9.01. The third-order valence-corrected chi connectivity index (χ3v) is 6.47. The molecule has 0 N–H and O–H groups in total. The normalized spacial score (nSPS) is 17.5. The van der Waals surface area contributed by atoms with Crippen molar-refractivity contribution < 1.29 is 22.7 Å². The van der Waals surface area contributed by atoms with Crippen LogP contribution in [-0.4, -0.2) is 26.9 Å². The molecule has 3 heterocycles. The maximum atomic E-state index is 13.9. The van der Waals surface area contributed by atoms with Crippen molar-refractivity contribution in [2.24, 2.45) is 5.92 Å². The van der Waals surface area contributed by atoms with Crippen LogP contribution < -0.4 is 9.47 Å². The van der Waals surface area contributed by atoms with Gasteiger partial charge in [0.2, 0.25) is 0 Å². The van der Waals surface area contributed by atoms with Gasteiger partial charge in [0.15, 0.2) is 28.9 Å². The number of fused-ring (bicyclic) bond motifs is 1. The third kappa shape index (κ3) is 4.05. The van der Waals surface area contributed by atoms with Gasteiger partial charge in [-0.1, -0.05) is 19.9 Å². The molecular weight excluding hydrogens is 454 g/mol. The minimum Gasteiger partial charge on any atom is -0.496 e. The van der Waals surface area contributed by atoms with Gasteiger partial charge in [0.1, 0.15) is 23.1 Å². The van der Waals surface area contributed by atoms with Crippen LogP contribution in [0.2, 0.25) is 0 Å². The molecule has 182 valence electrons. The van der Waals surface area contributed by atoms with E-state index in [-0.39, 0.29) is 11.7 Å². The molecule has 9 heteroatoms. The predicted molar refractivity (Wildman–Crippen MR) is 125 cm³/mol. The van der Waals surface area contributed by atoms with E-state index in [4.69, 9.17) is 13.9 Å². The SMILES string of the molecule is COc1cc(-c2nnc3n2CCCC3(Oc2cc(F)cc(F)c2)C(C)C)ccc1-c1cnc(C)o1. The molecule has 1 unspecified atom stereocenters. The first-order valence-corrected chi connectivity index (χ1v) is 11.5. The van der Waals surface area contributed by atoms with Crippen LogP contribution in [0.4, 0.5) is 8.78 Å². The van der Waals surface area contributed by atoms with E-state index < -0.39 is 17.2 Å². The minimum atomic E-state index is -0.884. The van der Waals surface area contributed by atoms with Crippen LogP contribution in [0.1, 0.15) is 38.4 Å². The molecule has 5 rings (SSSR count). The zero-order valence-electron chi connectivity index (χ0n) is 20.0. The number of hydrogen-bond acceptors (Lipinski definition) is 6. The van der Waals surface area contributed by atoms with E-state index in [9.17, 15) is 8.78 Å². The van der Waals surface area contributed by atoms with Gasteiger partial charge in [0.05, 0.1) is 18.9 Å². The largest absolute Gasteiger partial charge is 0.496 e. The van der Waals surface area contributed by atoms with Gasteiger partial charge in [-0.05, 0) is 25.0 Å². The zero-order valence-corrected chi connectivity index (χ0v) is 20.0. The summed E-state index contributed by atoms with van der Waals surface area (Å²) in [5, 5.41) is 9.02. The first-order chi connectivity index (χ1) is 16.8. The number of methoxy groups -OCH3 is 1. The summed E-state index contributed by atoms with van der Waals surface area (Å²) in [7, 11) is 1.60. The number of hydrogen-bond donors (Lipinski definition) is 0. The summed E-state index contributed by atoms with van der Waals surface area (Å²) in [6.07, 6.45) is 3.10. The maximum Gasteiger partial charge on any atom is 0.191 e. The fourth-order valence-corrected chi connectivity index (χ4v) is 4.73. The van der Waals surface area contributed by atoms with Gasteiger partial charge in [0.25, 0.3) is 0 Å². The second kappa shape index (κ2) is 8.79. The Kier molecular flexibility index (Phi) is 5.78. The number of aromatic nitrogens is 4. The number of oxazole rings is 1. The van der Waals surface area contributed by atoms with Crippen molar-refractivity contribution in [2.45, 2.75) is 45.8 Å².